The number of nitrogens with one attached hydrogen (secondary N) is 1. The van der Waals surface area contributed by atoms with E-state index in [1.54, 1.807) is 17.8 Å². The Morgan fingerprint density at radius 1 is 1.57 bits per heavy atom. The Bertz CT molecular complexity index is 422. The molecule has 0 bridgehead atoms. The van der Waals surface area contributed by atoms with Crippen molar-refractivity contribution in [3.8, 4) is 0 Å². The number of sulfonamides is 1. The van der Waals surface area contributed by atoms with Crippen molar-refractivity contribution in [1.82, 2.24) is 14.5 Å². The van der Waals surface area contributed by atoms with Crippen LogP contribution >= 0.6 is 0 Å². The molecule has 0 radical (unpaired) electrons. The second kappa shape index (κ2) is 3.70. The molecule has 5 nitrogen and oxygen atoms in total. The van der Waals surface area contributed by atoms with Crippen molar-refractivity contribution in [1.29, 1.82) is 0 Å². The average Bonchev–Trinajstić information content (AvgIpc) is 2.29. The molecule has 1 heterocycles. The predicted molar refractivity (Wildman–Crippen MR) is 54.3 cm³/mol. The summed E-state index contributed by atoms with van der Waals surface area (Å²) >= 11 is 0. The fourth-order valence-corrected chi connectivity index (χ4v) is 2.09. The second-order valence-electron chi connectivity index (χ2n) is 3.42. The minimum atomic E-state index is -3.17. The van der Waals surface area contributed by atoms with Gasteiger partial charge in [-0.05, 0) is 13.8 Å². The van der Waals surface area contributed by atoms with E-state index in [-0.39, 0.29) is 6.04 Å². The van der Waals surface area contributed by atoms with Gasteiger partial charge in [-0.3, -0.25) is 4.68 Å². The Morgan fingerprint density at radius 2 is 2.14 bits per heavy atom. The molecule has 0 amide bonds. The third-order valence-electron chi connectivity index (χ3n) is 2.13. The first-order valence-electron chi connectivity index (χ1n) is 4.27. The fourth-order valence-electron chi connectivity index (χ4n) is 1.33. The Kier molecular flexibility index (Phi) is 2.96. The summed E-state index contributed by atoms with van der Waals surface area (Å²) in [6, 6.07) is -0.237. The number of aryl methyl sites for hydroxylation is 1. The highest BCUT2D eigenvalue weighted by Crippen LogP contribution is 2.16. The SMILES string of the molecule is Cc1c([C@H](C)NS(C)(=O)=O)cnn1C. The molecular weight excluding hydrogens is 202 g/mol. The first-order chi connectivity index (χ1) is 6.31. The second-order valence-corrected chi connectivity index (χ2v) is 5.20. The van der Waals surface area contributed by atoms with E-state index < -0.39 is 10.0 Å². The lowest BCUT2D eigenvalue weighted by Gasteiger charge is -2.11. The number of hydrogen-bond donors (Lipinski definition) is 1. The molecular formula is C8H15N3O2S. The summed E-state index contributed by atoms with van der Waals surface area (Å²) in [5.41, 5.74) is 1.87. The molecule has 14 heavy (non-hydrogen) atoms. The van der Waals surface area contributed by atoms with Gasteiger partial charge in [-0.2, -0.15) is 5.10 Å². The Labute approximate surface area is 84.2 Å². The van der Waals surface area contributed by atoms with Crippen molar-refractivity contribution in [3.63, 3.8) is 0 Å². The Morgan fingerprint density at radius 3 is 2.50 bits per heavy atom. The van der Waals surface area contributed by atoms with Crippen LogP contribution < -0.4 is 4.72 Å². The van der Waals surface area contributed by atoms with Gasteiger partial charge in [-0.1, -0.05) is 0 Å². The minimum absolute atomic E-state index is 0.237. The summed E-state index contributed by atoms with van der Waals surface area (Å²) in [6.07, 6.45) is 2.83. The smallest absolute Gasteiger partial charge is 0.209 e. The number of hydrogen-bond acceptors (Lipinski definition) is 3. The Hall–Kier alpha value is -0.880. The van der Waals surface area contributed by atoms with Crippen molar-refractivity contribution < 1.29 is 8.42 Å². The van der Waals surface area contributed by atoms with Crippen LogP contribution in [-0.2, 0) is 17.1 Å². The summed E-state index contributed by atoms with van der Waals surface area (Å²) in [4.78, 5) is 0. The zero-order chi connectivity index (χ0) is 10.9. The largest absolute Gasteiger partial charge is 0.273 e. The highest BCUT2D eigenvalue weighted by molar-refractivity contribution is 7.88. The molecule has 0 saturated carbocycles. The van der Waals surface area contributed by atoms with Crippen LogP contribution in [0.15, 0.2) is 6.20 Å². The van der Waals surface area contributed by atoms with Crippen LogP contribution in [-0.4, -0.2) is 24.5 Å². The van der Waals surface area contributed by atoms with E-state index in [9.17, 15) is 8.42 Å². The highest BCUT2D eigenvalue weighted by Gasteiger charge is 2.15. The van der Waals surface area contributed by atoms with Gasteiger partial charge < -0.3 is 0 Å². The normalized spacial score (nSPS) is 14.3. The van der Waals surface area contributed by atoms with E-state index in [1.165, 1.54) is 0 Å². The molecule has 80 valence electrons. The van der Waals surface area contributed by atoms with Crippen LogP contribution in [0.5, 0.6) is 0 Å². The molecule has 1 aromatic rings. The zero-order valence-corrected chi connectivity index (χ0v) is 9.59. The molecule has 1 rings (SSSR count). The molecule has 0 aliphatic carbocycles. The lowest BCUT2D eigenvalue weighted by Crippen LogP contribution is -2.25. The number of nitrogens with zero attached hydrogens (tertiary/aromatic N) is 2. The number of rotatable bonds is 3. The van der Waals surface area contributed by atoms with Gasteiger partial charge in [0.2, 0.25) is 10.0 Å². The predicted octanol–water partition coefficient (Wildman–Crippen LogP) is 0.339. The van der Waals surface area contributed by atoms with Crippen molar-refractivity contribution >= 4 is 10.0 Å². The standard InChI is InChI=1S/C8H15N3O2S/c1-6(10-14(4,12)13)8-5-9-11(3)7(8)2/h5-6,10H,1-4H3/t6-/m0/s1. The molecule has 1 N–H and O–H groups in total. The van der Waals surface area contributed by atoms with Gasteiger partial charge in [0.1, 0.15) is 0 Å². The summed E-state index contributed by atoms with van der Waals surface area (Å²) in [7, 11) is -1.34. The Balaban J connectivity index is 2.90. The summed E-state index contributed by atoms with van der Waals surface area (Å²) < 4.78 is 26.2. The fraction of sp³-hybridized carbons (Fsp3) is 0.625. The van der Waals surface area contributed by atoms with Crippen LogP contribution in [0.2, 0.25) is 0 Å². The summed E-state index contributed by atoms with van der Waals surface area (Å²) in [5.74, 6) is 0. The molecule has 0 fully saturated rings. The van der Waals surface area contributed by atoms with Crippen molar-refractivity contribution in [2.75, 3.05) is 6.26 Å². The van der Waals surface area contributed by atoms with Crippen LogP contribution in [0.3, 0.4) is 0 Å². The van der Waals surface area contributed by atoms with Gasteiger partial charge in [0.15, 0.2) is 0 Å². The third kappa shape index (κ3) is 2.55. The van der Waals surface area contributed by atoms with Crippen molar-refractivity contribution in [2.45, 2.75) is 19.9 Å². The summed E-state index contributed by atoms with van der Waals surface area (Å²) in [5, 5.41) is 4.05. The topological polar surface area (TPSA) is 64.0 Å². The average molecular weight is 217 g/mol. The molecule has 0 aliphatic heterocycles. The third-order valence-corrected chi connectivity index (χ3v) is 2.91. The van der Waals surface area contributed by atoms with E-state index >= 15 is 0 Å². The van der Waals surface area contributed by atoms with Crippen LogP contribution in [0.25, 0.3) is 0 Å². The molecule has 0 unspecified atom stereocenters. The first kappa shape index (κ1) is 11.2. The van der Waals surface area contributed by atoms with E-state index in [4.69, 9.17) is 0 Å². The highest BCUT2D eigenvalue weighted by atomic mass is 32.2. The van der Waals surface area contributed by atoms with Gasteiger partial charge in [0.05, 0.1) is 12.5 Å². The maximum atomic E-state index is 11.0. The molecule has 0 aromatic carbocycles. The molecule has 1 aromatic heterocycles. The van der Waals surface area contributed by atoms with E-state index in [1.807, 2.05) is 14.0 Å². The van der Waals surface area contributed by atoms with Gasteiger partial charge in [0.25, 0.3) is 0 Å². The van der Waals surface area contributed by atoms with E-state index in [2.05, 4.69) is 9.82 Å². The molecule has 0 saturated heterocycles. The monoisotopic (exact) mass is 217 g/mol. The quantitative estimate of drug-likeness (QED) is 0.794. The van der Waals surface area contributed by atoms with Gasteiger partial charge in [-0.25, -0.2) is 13.1 Å². The minimum Gasteiger partial charge on any atom is -0.273 e. The molecule has 0 spiro atoms. The van der Waals surface area contributed by atoms with Crippen molar-refractivity contribution in [3.05, 3.63) is 17.5 Å². The van der Waals surface area contributed by atoms with Gasteiger partial charge in [-0.15, -0.1) is 0 Å². The van der Waals surface area contributed by atoms with Crippen LogP contribution in [0.4, 0.5) is 0 Å². The molecule has 6 heteroatoms. The van der Waals surface area contributed by atoms with Gasteiger partial charge in [0, 0.05) is 24.3 Å². The zero-order valence-electron chi connectivity index (χ0n) is 8.77. The lowest BCUT2D eigenvalue weighted by atomic mass is 10.1. The molecule has 1 atom stereocenters. The number of aromatic nitrogens is 2. The van der Waals surface area contributed by atoms with E-state index in [0.29, 0.717) is 0 Å². The summed E-state index contributed by atoms with van der Waals surface area (Å²) in [6.45, 7) is 3.70. The maximum Gasteiger partial charge on any atom is 0.209 e. The van der Waals surface area contributed by atoms with Crippen LogP contribution in [0.1, 0.15) is 24.2 Å². The van der Waals surface area contributed by atoms with E-state index in [0.717, 1.165) is 17.5 Å². The van der Waals surface area contributed by atoms with Gasteiger partial charge >= 0.3 is 0 Å². The maximum absolute atomic E-state index is 11.0. The lowest BCUT2D eigenvalue weighted by molar-refractivity contribution is 0.572. The molecule has 0 aliphatic rings. The van der Waals surface area contributed by atoms with Crippen molar-refractivity contribution in [2.24, 2.45) is 7.05 Å². The first-order valence-corrected chi connectivity index (χ1v) is 6.16. The van der Waals surface area contributed by atoms with Crippen LogP contribution in [0, 0.1) is 6.92 Å².